The number of aromatic nitrogens is 2. The molecule has 0 spiro atoms. The smallest absolute Gasteiger partial charge is 0.354 e. The minimum atomic E-state index is -2.00. The average molecular weight is 492 g/mol. The van der Waals surface area contributed by atoms with Gasteiger partial charge in [0.25, 0.3) is 5.56 Å². The number of pyridine rings is 2. The van der Waals surface area contributed by atoms with Crippen LogP contribution >= 0.6 is 0 Å². The standard InChI is InChI=1S/C26H24N2O8/c1-4-25(32)17-8-19-22-15(6-14-7-20-21(35-12-34-20)9-18(14)27-22)10-28(19)23(30)16(17)11-33-24(31)26(25,5-2)36-13(3)29/h6-9,32H,4-5,10-12H2,1-3H3. The number of benzene rings is 1. The second-order valence-corrected chi connectivity index (χ2v) is 9.27. The largest absolute Gasteiger partial charge is 0.458 e. The molecule has 0 bridgehead atoms. The van der Waals surface area contributed by atoms with Crippen molar-refractivity contribution in [2.75, 3.05) is 6.79 Å². The van der Waals surface area contributed by atoms with E-state index in [2.05, 4.69) is 0 Å². The molecule has 0 saturated heterocycles. The number of aliphatic hydroxyl groups is 1. The predicted octanol–water partition coefficient (Wildman–Crippen LogP) is 2.52. The van der Waals surface area contributed by atoms with E-state index in [0.717, 1.165) is 10.9 Å². The van der Waals surface area contributed by atoms with Crippen molar-refractivity contribution in [3.05, 3.63) is 51.3 Å². The topological polar surface area (TPSA) is 126 Å². The molecule has 0 saturated carbocycles. The zero-order chi connectivity index (χ0) is 25.4. The Morgan fingerprint density at radius 1 is 1.11 bits per heavy atom. The first-order valence-corrected chi connectivity index (χ1v) is 11.8. The van der Waals surface area contributed by atoms with Gasteiger partial charge >= 0.3 is 11.9 Å². The highest BCUT2D eigenvalue weighted by molar-refractivity contribution is 5.88. The fourth-order valence-electron chi connectivity index (χ4n) is 5.67. The molecule has 1 aromatic carbocycles. The lowest BCUT2D eigenvalue weighted by atomic mass is 9.73. The maximum Gasteiger partial charge on any atom is 0.354 e. The second-order valence-electron chi connectivity index (χ2n) is 9.27. The first kappa shape index (κ1) is 22.5. The molecular weight excluding hydrogens is 468 g/mol. The fourth-order valence-corrected chi connectivity index (χ4v) is 5.67. The van der Waals surface area contributed by atoms with Gasteiger partial charge in [-0.1, -0.05) is 13.8 Å². The minimum Gasteiger partial charge on any atom is -0.458 e. The zero-order valence-corrected chi connectivity index (χ0v) is 20.0. The zero-order valence-electron chi connectivity index (χ0n) is 20.0. The molecule has 1 N–H and O–H groups in total. The quantitative estimate of drug-likeness (QED) is 0.429. The summed E-state index contributed by atoms with van der Waals surface area (Å²) in [5.41, 5.74) is -1.44. The molecule has 0 fully saturated rings. The lowest BCUT2D eigenvalue weighted by molar-refractivity contribution is -0.217. The summed E-state index contributed by atoms with van der Waals surface area (Å²) in [6, 6.07) is 7.28. The monoisotopic (exact) mass is 492 g/mol. The highest BCUT2D eigenvalue weighted by Gasteiger charge is 2.61. The molecule has 3 aliphatic rings. The van der Waals surface area contributed by atoms with Crippen molar-refractivity contribution in [1.82, 2.24) is 9.55 Å². The second kappa shape index (κ2) is 7.54. The Bertz CT molecular complexity index is 1540. The van der Waals surface area contributed by atoms with Crippen molar-refractivity contribution in [3.8, 4) is 22.9 Å². The number of ether oxygens (including phenoxy) is 4. The molecule has 3 aliphatic heterocycles. The van der Waals surface area contributed by atoms with Crippen LogP contribution in [0, 0.1) is 0 Å². The van der Waals surface area contributed by atoms with Crippen molar-refractivity contribution in [1.29, 1.82) is 0 Å². The highest BCUT2D eigenvalue weighted by atomic mass is 16.7. The van der Waals surface area contributed by atoms with Gasteiger partial charge in [0.1, 0.15) is 12.2 Å². The minimum absolute atomic E-state index is 0.000590. The maximum absolute atomic E-state index is 13.7. The normalized spacial score (nSPS) is 23.5. The van der Waals surface area contributed by atoms with Crippen molar-refractivity contribution in [3.63, 3.8) is 0 Å². The summed E-state index contributed by atoms with van der Waals surface area (Å²) in [6.45, 7) is 4.54. The number of carbonyl (C=O) groups excluding carboxylic acids is 2. The van der Waals surface area contributed by atoms with Crippen molar-refractivity contribution >= 4 is 22.8 Å². The van der Waals surface area contributed by atoms with Crippen molar-refractivity contribution in [2.24, 2.45) is 0 Å². The van der Waals surface area contributed by atoms with Crippen LogP contribution in [-0.2, 0) is 37.8 Å². The van der Waals surface area contributed by atoms with Crippen LogP contribution in [0.4, 0.5) is 0 Å². The van der Waals surface area contributed by atoms with Gasteiger partial charge in [-0.05, 0) is 31.0 Å². The molecule has 6 rings (SSSR count). The Hall–Kier alpha value is -3.92. The molecule has 0 aliphatic carbocycles. The van der Waals surface area contributed by atoms with Crippen molar-refractivity contribution < 1.29 is 33.6 Å². The molecule has 10 nitrogen and oxygen atoms in total. The van der Waals surface area contributed by atoms with E-state index in [0.29, 0.717) is 28.4 Å². The van der Waals surface area contributed by atoms with Crippen LogP contribution in [0.5, 0.6) is 11.5 Å². The summed E-state index contributed by atoms with van der Waals surface area (Å²) in [7, 11) is 0. The lowest BCUT2D eigenvalue weighted by Crippen LogP contribution is -2.59. The molecule has 186 valence electrons. The van der Waals surface area contributed by atoms with E-state index in [1.165, 1.54) is 6.92 Å². The van der Waals surface area contributed by atoms with Gasteiger partial charge in [-0.15, -0.1) is 0 Å². The molecule has 0 radical (unpaired) electrons. The van der Waals surface area contributed by atoms with Crippen LogP contribution in [0.15, 0.2) is 29.1 Å². The lowest BCUT2D eigenvalue weighted by Gasteiger charge is -2.42. The first-order chi connectivity index (χ1) is 17.2. The third-order valence-corrected chi connectivity index (χ3v) is 7.48. The third kappa shape index (κ3) is 2.81. The number of nitrogens with zero attached hydrogens (tertiary/aromatic N) is 2. The number of hydrogen-bond acceptors (Lipinski definition) is 9. The van der Waals surface area contributed by atoms with E-state index >= 15 is 0 Å². The van der Waals surface area contributed by atoms with Crippen LogP contribution in [0.1, 0.15) is 50.3 Å². The summed E-state index contributed by atoms with van der Waals surface area (Å²) in [4.78, 5) is 43.7. The summed E-state index contributed by atoms with van der Waals surface area (Å²) in [6.07, 6.45) is -0.0408. The van der Waals surface area contributed by atoms with Crippen LogP contribution in [0.2, 0.25) is 0 Å². The Labute approximate surface area is 205 Å². The van der Waals surface area contributed by atoms with Gasteiger partial charge in [0.05, 0.1) is 29.0 Å². The summed E-state index contributed by atoms with van der Waals surface area (Å²) < 4.78 is 23.4. The van der Waals surface area contributed by atoms with Crippen LogP contribution in [-0.4, -0.2) is 39.0 Å². The molecule has 36 heavy (non-hydrogen) atoms. The summed E-state index contributed by atoms with van der Waals surface area (Å²) in [5.74, 6) is -0.387. The van der Waals surface area contributed by atoms with Gasteiger partial charge in [-0.2, -0.15) is 0 Å². The molecule has 3 aromatic rings. The number of carbonyl (C=O) groups is 2. The SMILES string of the molecule is CCC1(OC(C)=O)C(=O)OCc2c(cc3n(c2=O)Cc2cc4cc5c(cc4nc2-3)OCO5)C1(O)CC. The van der Waals surface area contributed by atoms with Gasteiger partial charge in [-0.25, -0.2) is 9.78 Å². The number of fused-ring (bicyclic) bond motifs is 6. The molecule has 2 unspecified atom stereocenters. The van der Waals surface area contributed by atoms with Gasteiger partial charge in [0.15, 0.2) is 11.5 Å². The van der Waals surface area contributed by atoms with Crippen LogP contribution in [0.25, 0.3) is 22.3 Å². The molecule has 10 heteroatoms. The van der Waals surface area contributed by atoms with Crippen LogP contribution in [0.3, 0.4) is 0 Å². The van der Waals surface area contributed by atoms with E-state index in [4.69, 9.17) is 23.9 Å². The van der Waals surface area contributed by atoms with Gasteiger partial charge < -0.3 is 28.6 Å². The van der Waals surface area contributed by atoms with Gasteiger partial charge in [0.2, 0.25) is 12.4 Å². The molecule has 2 atom stereocenters. The van der Waals surface area contributed by atoms with E-state index in [9.17, 15) is 19.5 Å². The average Bonchev–Trinajstić information content (AvgIpc) is 3.44. The van der Waals surface area contributed by atoms with E-state index in [-0.39, 0.29) is 43.9 Å². The maximum atomic E-state index is 13.7. The first-order valence-electron chi connectivity index (χ1n) is 11.8. The highest BCUT2D eigenvalue weighted by Crippen LogP contribution is 2.47. The Balaban J connectivity index is 1.59. The van der Waals surface area contributed by atoms with E-state index in [1.54, 1.807) is 30.5 Å². The molecule has 2 aromatic heterocycles. The molecule has 5 heterocycles. The summed E-state index contributed by atoms with van der Waals surface area (Å²) in [5, 5.41) is 12.9. The summed E-state index contributed by atoms with van der Waals surface area (Å²) >= 11 is 0. The van der Waals surface area contributed by atoms with Crippen LogP contribution < -0.4 is 15.0 Å². The number of rotatable bonds is 3. The third-order valence-electron chi connectivity index (χ3n) is 7.48. The fraction of sp³-hybridized carbons (Fsp3) is 0.385. The van der Waals surface area contributed by atoms with E-state index < -0.39 is 28.7 Å². The van der Waals surface area contributed by atoms with Crippen molar-refractivity contribution in [2.45, 2.75) is 58.0 Å². The van der Waals surface area contributed by atoms with E-state index in [1.807, 2.05) is 12.1 Å². The number of esters is 2. The van der Waals surface area contributed by atoms with Gasteiger partial charge in [-0.3, -0.25) is 9.59 Å². The van der Waals surface area contributed by atoms with Gasteiger partial charge in [0, 0.05) is 29.5 Å². The molecular formula is C26H24N2O8. The Kier molecular flexibility index (Phi) is 4.72. The Morgan fingerprint density at radius 3 is 2.56 bits per heavy atom. The number of cyclic esters (lactones) is 1. The number of hydrogen-bond donors (Lipinski definition) is 1. The Morgan fingerprint density at radius 2 is 1.86 bits per heavy atom. The predicted molar refractivity (Wildman–Crippen MR) is 125 cm³/mol. The molecule has 0 amide bonds.